The summed E-state index contributed by atoms with van der Waals surface area (Å²) in [6.07, 6.45) is 0. The number of rotatable bonds is 5. The van der Waals surface area contributed by atoms with Gasteiger partial charge in [-0.3, -0.25) is 4.79 Å². The number of nitrogens with one attached hydrogen (secondary N) is 2. The monoisotopic (exact) mass is 349 g/mol. The average Bonchev–Trinajstić information content (AvgIpc) is 2.95. The number of anilines is 2. The lowest BCUT2D eigenvalue weighted by Crippen LogP contribution is -2.13. The first kappa shape index (κ1) is 17.7. The molecule has 1 amide bonds. The predicted molar refractivity (Wildman–Crippen MR) is 104 cm³/mol. The highest BCUT2D eigenvalue weighted by molar-refractivity contribution is 6.05. The topological polar surface area (TPSA) is 67.2 Å². The molecule has 0 saturated heterocycles. The first-order chi connectivity index (χ1) is 12.5. The zero-order chi connectivity index (χ0) is 18.7. The van der Waals surface area contributed by atoms with Crippen LogP contribution in [0.1, 0.15) is 38.5 Å². The number of carbonyl (C=O) groups is 1. The molecule has 3 rings (SSSR count). The zero-order valence-corrected chi connectivity index (χ0v) is 15.5. The van der Waals surface area contributed by atoms with Crippen LogP contribution in [0, 0.1) is 27.7 Å². The molecular weight excluding hydrogens is 326 g/mol. The van der Waals surface area contributed by atoms with E-state index in [-0.39, 0.29) is 5.91 Å². The van der Waals surface area contributed by atoms with Gasteiger partial charge in [-0.2, -0.15) is 0 Å². The van der Waals surface area contributed by atoms with Gasteiger partial charge in [0, 0.05) is 29.0 Å². The Balaban J connectivity index is 1.64. The van der Waals surface area contributed by atoms with Crippen molar-refractivity contribution in [2.75, 3.05) is 10.6 Å². The Morgan fingerprint density at radius 3 is 2.35 bits per heavy atom. The van der Waals surface area contributed by atoms with E-state index in [4.69, 9.17) is 4.52 Å². The van der Waals surface area contributed by atoms with E-state index >= 15 is 0 Å². The molecule has 2 aromatic carbocycles. The molecule has 134 valence electrons. The molecule has 1 heterocycles. The number of benzene rings is 2. The van der Waals surface area contributed by atoms with Crippen LogP contribution in [0.5, 0.6) is 0 Å². The second kappa shape index (κ2) is 7.44. The Kier molecular flexibility index (Phi) is 5.07. The minimum absolute atomic E-state index is 0.0948. The van der Waals surface area contributed by atoms with Crippen molar-refractivity contribution in [2.45, 2.75) is 34.2 Å². The molecule has 5 heteroatoms. The molecule has 0 unspecified atom stereocenters. The number of amides is 1. The summed E-state index contributed by atoms with van der Waals surface area (Å²) < 4.78 is 5.17. The Morgan fingerprint density at radius 1 is 1.00 bits per heavy atom. The molecule has 0 spiro atoms. The van der Waals surface area contributed by atoms with Gasteiger partial charge in [-0.1, -0.05) is 17.3 Å². The van der Waals surface area contributed by atoms with Crippen LogP contribution in [0.4, 0.5) is 11.4 Å². The largest absolute Gasteiger partial charge is 0.381 e. The van der Waals surface area contributed by atoms with E-state index in [1.54, 1.807) is 0 Å². The van der Waals surface area contributed by atoms with Gasteiger partial charge in [0.05, 0.1) is 5.69 Å². The Labute approximate surface area is 153 Å². The van der Waals surface area contributed by atoms with E-state index in [1.165, 1.54) is 0 Å². The molecule has 26 heavy (non-hydrogen) atoms. The predicted octanol–water partition coefficient (Wildman–Crippen LogP) is 4.77. The molecule has 0 radical (unpaired) electrons. The Bertz CT molecular complexity index is 907. The number of aromatic nitrogens is 1. The summed E-state index contributed by atoms with van der Waals surface area (Å²) in [6.45, 7) is 8.45. The maximum atomic E-state index is 12.5. The number of nitrogens with zero attached hydrogens (tertiary/aromatic N) is 1. The molecule has 0 atom stereocenters. The van der Waals surface area contributed by atoms with Crippen LogP contribution in [0.3, 0.4) is 0 Å². The minimum atomic E-state index is -0.0948. The highest BCUT2D eigenvalue weighted by Gasteiger charge is 2.11. The first-order valence-corrected chi connectivity index (χ1v) is 8.59. The van der Waals surface area contributed by atoms with Gasteiger partial charge >= 0.3 is 0 Å². The first-order valence-electron chi connectivity index (χ1n) is 8.59. The van der Waals surface area contributed by atoms with Crippen LogP contribution in [0.15, 0.2) is 47.0 Å². The molecule has 5 nitrogen and oxygen atoms in total. The van der Waals surface area contributed by atoms with Gasteiger partial charge in [0.15, 0.2) is 0 Å². The van der Waals surface area contributed by atoms with E-state index in [0.29, 0.717) is 12.1 Å². The van der Waals surface area contributed by atoms with Crippen molar-refractivity contribution in [1.82, 2.24) is 5.16 Å². The fourth-order valence-corrected chi connectivity index (χ4v) is 2.81. The summed E-state index contributed by atoms with van der Waals surface area (Å²) in [5, 5.41) is 10.2. The van der Waals surface area contributed by atoms with Crippen LogP contribution in [0.2, 0.25) is 0 Å². The summed E-state index contributed by atoms with van der Waals surface area (Å²) >= 11 is 0. The van der Waals surface area contributed by atoms with Gasteiger partial charge in [0.25, 0.3) is 5.91 Å². The van der Waals surface area contributed by atoms with Crippen molar-refractivity contribution in [1.29, 1.82) is 0 Å². The third-order valence-electron chi connectivity index (χ3n) is 4.64. The van der Waals surface area contributed by atoms with Crippen LogP contribution in [-0.4, -0.2) is 11.1 Å². The Hall–Kier alpha value is -3.08. The van der Waals surface area contributed by atoms with E-state index < -0.39 is 0 Å². The minimum Gasteiger partial charge on any atom is -0.381 e. The van der Waals surface area contributed by atoms with Gasteiger partial charge in [0.1, 0.15) is 5.76 Å². The molecule has 0 aliphatic carbocycles. The SMILES string of the molecule is Cc1cccc(C(=O)Nc2ccc(NCc3c(C)noc3C)cc2)c1C. The summed E-state index contributed by atoms with van der Waals surface area (Å²) in [5.74, 6) is 0.732. The highest BCUT2D eigenvalue weighted by Crippen LogP contribution is 2.19. The molecule has 0 fully saturated rings. The third-order valence-corrected chi connectivity index (χ3v) is 4.64. The van der Waals surface area contributed by atoms with Gasteiger partial charge in [-0.05, 0) is 69.2 Å². The van der Waals surface area contributed by atoms with Gasteiger partial charge in [-0.15, -0.1) is 0 Å². The maximum absolute atomic E-state index is 12.5. The fraction of sp³-hybridized carbons (Fsp3) is 0.238. The smallest absolute Gasteiger partial charge is 0.255 e. The van der Waals surface area contributed by atoms with Gasteiger partial charge in [0.2, 0.25) is 0 Å². The second-order valence-electron chi connectivity index (χ2n) is 6.44. The van der Waals surface area contributed by atoms with Gasteiger partial charge < -0.3 is 15.2 Å². The normalized spacial score (nSPS) is 10.6. The van der Waals surface area contributed by atoms with E-state index in [2.05, 4.69) is 15.8 Å². The third kappa shape index (κ3) is 3.77. The van der Waals surface area contributed by atoms with E-state index in [9.17, 15) is 4.79 Å². The average molecular weight is 349 g/mol. The number of carbonyl (C=O) groups excluding carboxylic acids is 1. The van der Waals surface area contributed by atoms with Crippen molar-refractivity contribution in [2.24, 2.45) is 0 Å². The van der Waals surface area contributed by atoms with E-state index in [1.807, 2.05) is 70.2 Å². The number of aryl methyl sites for hydroxylation is 3. The molecular formula is C21H23N3O2. The standard InChI is InChI=1S/C21H23N3O2/c1-13-6-5-7-19(14(13)2)21(25)23-18-10-8-17(9-11-18)22-12-20-15(3)24-26-16(20)4/h5-11,22H,12H2,1-4H3,(H,23,25). The molecule has 2 N–H and O–H groups in total. The molecule has 0 saturated carbocycles. The van der Waals surface area contributed by atoms with Crippen molar-refractivity contribution in [3.8, 4) is 0 Å². The van der Waals surface area contributed by atoms with Crippen LogP contribution < -0.4 is 10.6 Å². The second-order valence-corrected chi connectivity index (χ2v) is 6.44. The van der Waals surface area contributed by atoms with Crippen molar-refractivity contribution >= 4 is 17.3 Å². The van der Waals surface area contributed by atoms with Crippen LogP contribution in [0.25, 0.3) is 0 Å². The quantitative estimate of drug-likeness (QED) is 0.696. The lowest BCUT2D eigenvalue weighted by molar-refractivity contribution is 0.102. The number of hydrogen-bond acceptors (Lipinski definition) is 4. The summed E-state index contributed by atoms with van der Waals surface area (Å²) in [5.41, 5.74) is 6.50. The Morgan fingerprint density at radius 2 is 1.69 bits per heavy atom. The molecule has 3 aromatic rings. The summed E-state index contributed by atoms with van der Waals surface area (Å²) in [6, 6.07) is 13.4. The molecule has 1 aromatic heterocycles. The molecule has 0 aliphatic heterocycles. The summed E-state index contributed by atoms with van der Waals surface area (Å²) in [7, 11) is 0. The van der Waals surface area contributed by atoms with Crippen molar-refractivity contribution in [3.05, 3.63) is 76.2 Å². The van der Waals surface area contributed by atoms with Crippen molar-refractivity contribution in [3.63, 3.8) is 0 Å². The lowest BCUT2D eigenvalue weighted by Gasteiger charge is -2.11. The van der Waals surface area contributed by atoms with Crippen molar-refractivity contribution < 1.29 is 9.32 Å². The van der Waals surface area contributed by atoms with Crippen LogP contribution in [-0.2, 0) is 6.54 Å². The fourth-order valence-electron chi connectivity index (χ4n) is 2.81. The van der Waals surface area contributed by atoms with E-state index in [0.717, 1.165) is 39.5 Å². The highest BCUT2D eigenvalue weighted by atomic mass is 16.5. The summed E-state index contributed by atoms with van der Waals surface area (Å²) in [4.78, 5) is 12.5. The molecule has 0 aliphatic rings. The molecule has 0 bridgehead atoms. The zero-order valence-electron chi connectivity index (χ0n) is 15.5. The number of hydrogen-bond donors (Lipinski definition) is 2. The van der Waals surface area contributed by atoms with Crippen LogP contribution >= 0.6 is 0 Å². The maximum Gasteiger partial charge on any atom is 0.255 e. The lowest BCUT2D eigenvalue weighted by atomic mass is 10.0. The van der Waals surface area contributed by atoms with Gasteiger partial charge in [-0.25, -0.2) is 0 Å².